The molecule has 2 N–H and O–H groups in total. The van der Waals surface area contributed by atoms with Crippen molar-refractivity contribution < 1.29 is 19.7 Å². The van der Waals surface area contributed by atoms with E-state index in [0.717, 1.165) is 37.2 Å². The molecule has 1 aromatic carbocycles. The first-order valence-electron chi connectivity index (χ1n) is 14.7. The molecule has 0 aliphatic heterocycles. The summed E-state index contributed by atoms with van der Waals surface area (Å²) in [4.78, 5) is 12.5. The summed E-state index contributed by atoms with van der Waals surface area (Å²) in [5.41, 5.74) is 1.48. The number of aryl methyl sites for hydroxylation is 1. The van der Waals surface area contributed by atoms with E-state index in [9.17, 15) is 15.0 Å². The number of hydrogen-bond acceptors (Lipinski definition) is 4. The molecule has 3 fully saturated rings. The zero-order valence-electron chi connectivity index (χ0n) is 21.8. The lowest BCUT2D eigenvalue weighted by atomic mass is 9.72. The van der Waals surface area contributed by atoms with Crippen LogP contribution in [-0.2, 0) is 11.2 Å². The summed E-state index contributed by atoms with van der Waals surface area (Å²) in [5.74, 6) is 1.77. The average Bonchev–Trinajstić information content (AvgIpc) is 3.30. The predicted octanol–water partition coefficient (Wildman–Crippen LogP) is 7.67. The van der Waals surface area contributed by atoms with E-state index in [2.05, 4.69) is 0 Å². The number of aliphatic hydroxyl groups excluding tert-OH is 1. The molecule has 0 heterocycles. The molecular formula is C31H48O4. The Kier molecular flexibility index (Phi) is 9.94. The van der Waals surface area contributed by atoms with Crippen LogP contribution in [0.2, 0.25) is 0 Å². The van der Waals surface area contributed by atoms with Gasteiger partial charge in [0.1, 0.15) is 5.78 Å². The van der Waals surface area contributed by atoms with Gasteiger partial charge in [-0.2, -0.15) is 0 Å². The number of ketones is 1. The highest BCUT2D eigenvalue weighted by molar-refractivity contribution is 5.79. The summed E-state index contributed by atoms with van der Waals surface area (Å²) in [6, 6.07) is 5.50. The Hall–Kier alpha value is -1.55. The van der Waals surface area contributed by atoms with E-state index in [1.54, 1.807) is 6.07 Å². The number of carbonyl (C=O) groups is 1. The van der Waals surface area contributed by atoms with Crippen LogP contribution in [0.4, 0.5) is 0 Å². The molecule has 0 radical (unpaired) electrons. The number of phenols is 1. The Balaban J connectivity index is 1.16. The average molecular weight is 485 g/mol. The minimum Gasteiger partial charge on any atom is -0.504 e. The van der Waals surface area contributed by atoms with Gasteiger partial charge in [0.2, 0.25) is 0 Å². The van der Waals surface area contributed by atoms with E-state index in [1.165, 1.54) is 83.5 Å². The normalized spacial score (nSPS) is 23.4. The summed E-state index contributed by atoms with van der Waals surface area (Å²) in [6.07, 6.45) is 22.2. The van der Waals surface area contributed by atoms with E-state index in [1.807, 2.05) is 12.1 Å². The lowest BCUT2D eigenvalue weighted by Crippen LogP contribution is -2.32. The summed E-state index contributed by atoms with van der Waals surface area (Å²) < 4.78 is 6.31. The first-order valence-corrected chi connectivity index (χ1v) is 14.7. The fourth-order valence-corrected chi connectivity index (χ4v) is 7.10. The molecule has 0 bridgehead atoms. The molecule has 0 aromatic heterocycles. The van der Waals surface area contributed by atoms with Crippen molar-refractivity contribution in [3.8, 4) is 11.5 Å². The number of aliphatic hydroxyl groups is 1. The quantitative estimate of drug-likeness (QED) is 0.299. The third kappa shape index (κ3) is 8.23. The molecule has 4 nitrogen and oxygen atoms in total. The van der Waals surface area contributed by atoms with Crippen LogP contribution in [0.5, 0.6) is 11.5 Å². The number of carbonyl (C=O) groups excluding carboxylic acids is 1. The Morgan fingerprint density at radius 2 is 1.77 bits per heavy atom. The second kappa shape index (κ2) is 13.1. The van der Waals surface area contributed by atoms with Crippen LogP contribution in [0.15, 0.2) is 18.2 Å². The van der Waals surface area contributed by atoms with Crippen LogP contribution in [0, 0.1) is 11.3 Å². The fraction of sp³-hybridized carbons (Fsp3) is 0.774. The van der Waals surface area contributed by atoms with Crippen LogP contribution in [0.25, 0.3) is 0 Å². The first kappa shape index (κ1) is 26.5. The van der Waals surface area contributed by atoms with Crippen molar-refractivity contribution >= 4 is 5.78 Å². The van der Waals surface area contributed by atoms with Gasteiger partial charge < -0.3 is 14.9 Å². The van der Waals surface area contributed by atoms with E-state index in [-0.39, 0.29) is 24.1 Å². The van der Waals surface area contributed by atoms with Crippen molar-refractivity contribution in [3.63, 3.8) is 0 Å². The Bertz CT molecular complexity index is 791. The second-order valence-corrected chi connectivity index (χ2v) is 12.0. The predicted molar refractivity (Wildman–Crippen MR) is 141 cm³/mol. The Morgan fingerprint density at radius 3 is 2.57 bits per heavy atom. The van der Waals surface area contributed by atoms with Crippen LogP contribution >= 0.6 is 0 Å². The molecule has 0 amide bonds. The molecule has 1 spiro atoms. The van der Waals surface area contributed by atoms with Gasteiger partial charge in [0.05, 0.1) is 12.2 Å². The smallest absolute Gasteiger partial charge is 0.161 e. The van der Waals surface area contributed by atoms with Gasteiger partial charge >= 0.3 is 0 Å². The zero-order valence-corrected chi connectivity index (χ0v) is 21.8. The van der Waals surface area contributed by atoms with E-state index in [0.29, 0.717) is 24.0 Å². The molecule has 35 heavy (non-hydrogen) atoms. The van der Waals surface area contributed by atoms with Crippen molar-refractivity contribution in [2.75, 3.05) is 0 Å². The third-order valence-corrected chi connectivity index (χ3v) is 9.16. The van der Waals surface area contributed by atoms with Gasteiger partial charge in [0.25, 0.3) is 0 Å². The minimum atomic E-state index is -0.512. The summed E-state index contributed by atoms with van der Waals surface area (Å²) in [7, 11) is 0. The Labute approximate surface area is 212 Å². The maximum absolute atomic E-state index is 12.5. The maximum Gasteiger partial charge on any atom is 0.161 e. The molecule has 1 aromatic rings. The molecule has 3 saturated carbocycles. The minimum absolute atomic E-state index is 0.121. The molecule has 0 saturated heterocycles. The summed E-state index contributed by atoms with van der Waals surface area (Å²) in [6.45, 7) is 0. The van der Waals surface area contributed by atoms with E-state index >= 15 is 0 Å². The van der Waals surface area contributed by atoms with Crippen molar-refractivity contribution in [1.82, 2.24) is 0 Å². The second-order valence-electron chi connectivity index (χ2n) is 12.0. The topological polar surface area (TPSA) is 66.8 Å². The fourth-order valence-electron chi connectivity index (χ4n) is 7.10. The number of rotatable bonds is 12. The van der Waals surface area contributed by atoms with Crippen molar-refractivity contribution in [1.29, 1.82) is 0 Å². The van der Waals surface area contributed by atoms with Gasteiger partial charge in [0.15, 0.2) is 11.5 Å². The molecule has 3 aliphatic carbocycles. The van der Waals surface area contributed by atoms with E-state index in [4.69, 9.17) is 4.74 Å². The summed E-state index contributed by atoms with van der Waals surface area (Å²) >= 11 is 0. The number of ether oxygens (including phenoxy) is 1. The van der Waals surface area contributed by atoms with Crippen LogP contribution in [0.3, 0.4) is 0 Å². The molecule has 4 heteroatoms. The van der Waals surface area contributed by atoms with Crippen LogP contribution in [0.1, 0.15) is 128 Å². The van der Waals surface area contributed by atoms with Gasteiger partial charge in [-0.15, -0.1) is 0 Å². The van der Waals surface area contributed by atoms with Gasteiger partial charge in [-0.05, 0) is 80.4 Å². The highest BCUT2D eigenvalue weighted by Gasteiger charge is 2.39. The monoisotopic (exact) mass is 484 g/mol. The summed E-state index contributed by atoms with van der Waals surface area (Å²) in [5, 5.41) is 20.7. The van der Waals surface area contributed by atoms with Crippen molar-refractivity contribution in [2.24, 2.45) is 11.3 Å². The van der Waals surface area contributed by atoms with Crippen LogP contribution in [-0.4, -0.2) is 28.2 Å². The number of hydrogen-bond donors (Lipinski definition) is 2. The molecule has 2 unspecified atom stereocenters. The van der Waals surface area contributed by atoms with E-state index < -0.39 is 6.10 Å². The van der Waals surface area contributed by atoms with Gasteiger partial charge in [-0.3, -0.25) is 4.79 Å². The molecule has 3 aliphatic rings. The zero-order chi connectivity index (χ0) is 24.5. The number of benzene rings is 1. The van der Waals surface area contributed by atoms with Crippen molar-refractivity contribution in [2.45, 2.75) is 141 Å². The number of phenolic OH excluding ortho intramolecular Hbond substituents is 1. The molecule has 196 valence electrons. The molecule has 2 atom stereocenters. The number of aromatic hydroxyl groups is 1. The lowest BCUT2D eigenvalue weighted by Gasteiger charge is -2.38. The standard InChI is InChI=1S/C31H48O4/c32-26(12-5-4-11-24-9-2-1-3-10-24)22-27(33)16-14-25-15-17-29(34)30(21-25)35-28-13-8-20-31(23-28)18-6-7-19-31/h15,17,21,24,26,28,32,34H,1-14,16,18-20,22-23H2. The largest absolute Gasteiger partial charge is 0.504 e. The Morgan fingerprint density at radius 1 is 1.00 bits per heavy atom. The number of Topliss-reactive ketones (excluding diaryl/α,β-unsaturated/α-hetero) is 1. The maximum atomic E-state index is 12.5. The van der Waals surface area contributed by atoms with Gasteiger partial charge in [0, 0.05) is 12.8 Å². The first-order chi connectivity index (χ1) is 17.0. The third-order valence-electron chi connectivity index (χ3n) is 9.16. The SMILES string of the molecule is O=C(CCc1ccc(O)c(OC2CCCC3(CCCC3)C2)c1)CC(O)CCCCC1CCCCC1. The van der Waals surface area contributed by atoms with Gasteiger partial charge in [-0.25, -0.2) is 0 Å². The molecule has 4 rings (SSSR count). The van der Waals surface area contributed by atoms with Crippen LogP contribution < -0.4 is 4.74 Å². The highest BCUT2D eigenvalue weighted by atomic mass is 16.5. The van der Waals surface area contributed by atoms with Crippen molar-refractivity contribution in [3.05, 3.63) is 23.8 Å². The lowest BCUT2D eigenvalue weighted by molar-refractivity contribution is -0.121. The van der Waals surface area contributed by atoms with Gasteiger partial charge in [-0.1, -0.05) is 70.3 Å². The highest BCUT2D eigenvalue weighted by Crippen LogP contribution is 2.49. The molecular weight excluding hydrogens is 436 g/mol. The number of unbranched alkanes of at least 4 members (excludes halogenated alkanes) is 1.